The molecule has 0 radical (unpaired) electrons. The Kier molecular flexibility index (Phi) is 3.35. The summed E-state index contributed by atoms with van der Waals surface area (Å²) < 4.78 is 0. The van der Waals surface area contributed by atoms with E-state index in [9.17, 15) is 4.79 Å². The standard InChI is InChI=1S/C15H26N2O/c1-2-15(7-8-16-11-15)14(18)17(9-12-3-4-12)10-13-5-6-13/h12-13,16H,2-11H2,1H3. The highest BCUT2D eigenvalue weighted by atomic mass is 16.2. The lowest BCUT2D eigenvalue weighted by molar-refractivity contribution is -0.142. The van der Waals surface area contributed by atoms with Crippen LogP contribution in [0.25, 0.3) is 0 Å². The fourth-order valence-electron chi connectivity index (χ4n) is 3.18. The van der Waals surface area contributed by atoms with Crippen LogP contribution in [0.5, 0.6) is 0 Å². The molecule has 1 atom stereocenters. The maximum atomic E-state index is 12.9. The van der Waals surface area contributed by atoms with Gasteiger partial charge in [0.1, 0.15) is 0 Å². The second kappa shape index (κ2) is 4.84. The molecule has 3 nitrogen and oxygen atoms in total. The number of nitrogens with one attached hydrogen (secondary N) is 1. The summed E-state index contributed by atoms with van der Waals surface area (Å²) in [5.41, 5.74) is -0.0796. The third-order valence-corrected chi connectivity index (χ3v) is 5.01. The zero-order chi connectivity index (χ0) is 12.6. The molecule has 0 aromatic heterocycles. The van der Waals surface area contributed by atoms with E-state index in [1.807, 2.05) is 0 Å². The van der Waals surface area contributed by atoms with Gasteiger partial charge in [-0.3, -0.25) is 4.79 Å². The van der Waals surface area contributed by atoms with E-state index in [-0.39, 0.29) is 5.41 Å². The quantitative estimate of drug-likeness (QED) is 0.782. The van der Waals surface area contributed by atoms with Crippen molar-refractivity contribution in [3.8, 4) is 0 Å². The summed E-state index contributed by atoms with van der Waals surface area (Å²) in [4.78, 5) is 15.1. The first-order valence-electron chi connectivity index (χ1n) is 7.73. The van der Waals surface area contributed by atoms with E-state index in [1.54, 1.807) is 0 Å². The van der Waals surface area contributed by atoms with Gasteiger partial charge in [0.05, 0.1) is 5.41 Å². The van der Waals surface area contributed by atoms with E-state index in [2.05, 4.69) is 17.1 Å². The van der Waals surface area contributed by atoms with Gasteiger partial charge in [0.25, 0.3) is 0 Å². The minimum Gasteiger partial charge on any atom is -0.342 e. The number of amides is 1. The van der Waals surface area contributed by atoms with Crippen LogP contribution in [0.3, 0.4) is 0 Å². The fourth-order valence-corrected chi connectivity index (χ4v) is 3.18. The molecule has 1 unspecified atom stereocenters. The van der Waals surface area contributed by atoms with Crippen molar-refractivity contribution in [3.05, 3.63) is 0 Å². The van der Waals surface area contributed by atoms with E-state index in [4.69, 9.17) is 0 Å². The minimum atomic E-state index is -0.0796. The number of hydrogen-bond acceptors (Lipinski definition) is 2. The van der Waals surface area contributed by atoms with Crippen molar-refractivity contribution in [2.75, 3.05) is 26.2 Å². The Morgan fingerprint density at radius 1 is 1.22 bits per heavy atom. The fraction of sp³-hybridized carbons (Fsp3) is 0.933. The third-order valence-electron chi connectivity index (χ3n) is 5.01. The number of nitrogens with zero attached hydrogens (tertiary/aromatic N) is 1. The Labute approximate surface area is 110 Å². The van der Waals surface area contributed by atoms with Crippen molar-refractivity contribution in [3.63, 3.8) is 0 Å². The average molecular weight is 250 g/mol. The molecular formula is C15H26N2O. The summed E-state index contributed by atoms with van der Waals surface area (Å²) in [6.07, 6.45) is 7.38. The van der Waals surface area contributed by atoms with Gasteiger partial charge in [0.2, 0.25) is 5.91 Å². The molecule has 1 heterocycles. The topological polar surface area (TPSA) is 32.3 Å². The lowest BCUT2D eigenvalue weighted by Gasteiger charge is -2.33. The zero-order valence-corrected chi connectivity index (χ0v) is 11.6. The Bertz CT molecular complexity index is 300. The molecule has 3 rings (SSSR count). The molecule has 18 heavy (non-hydrogen) atoms. The number of hydrogen-bond donors (Lipinski definition) is 1. The molecule has 0 bridgehead atoms. The van der Waals surface area contributed by atoms with Gasteiger partial charge in [-0.2, -0.15) is 0 Å². The summed E-state index contributed by atoms with van der Waals surface area (Å²) in [5.74, 6) is 2.08. The van der Waals surface area contributed by atoms with Crippen LogP contribution in [0, 0.1) is 17.3 Å². The normalized spacial score (nSPS) is 31.6. The first kappa shape index (κ1) is 12.5. The summed E-state index contributed by atoms with van der Waals surface area (Å²) in [6, 6.07) is 0. The maximum absolute atomic E-state index is 12.9. The van der Waals surface area contributed by atoms with Crippen LogP contribution >= 0.6 is 0 Å². The Morgan fingerprint density at radius 3 is 2.22 bits per heavy atom. The van der Waals surface area contributed by atoms with Gasteiger partial charge in [-0.1, -0.05) is 6.92 Å². The molecule has 3 heteroatoms. The van der Waals surface area contributed by atoms with Crippen LogP contribution in [0.1, 0.15) is 45.4 Å². The number of carbonyl (C=O) groups excluding carboxylic acids is 1. The van der Waals surface area contributed by atoms with Gasteiger partial charge in [0, 0.05) is 19.6 Å². The summed E-state index contributed by atoms with van der Waals surface area (Å²) in [6.45, 7) is 6.17. The third kappa shape index (κ3) is 2.56. The smallest absolute Gasteiger partial charge is 0.230 e. The lowest BCUT2D eigenvalue weighted by Crippen LogP contribution is -2.46. The molecular weight excluding hydrogens is 224 g/mol. The van der Waals surface area contributed by atoms with Crippen LogP contribution in [0.15, 0.2) is 0 Å². The molecule has 3 fully saturated rings. The summed E-state index contributed by atoms with van der Waals surface area (Å²) >= 11 is 0. The first-order chi connectivity index (χ1) is 8.73. The van der Waals surface area contributed by atoms with Gasteiger partial charge < -0.3 is 10.2 Å². The largest absolute Gasteiger partial charge is 0.342 e. The van der Waals surface area contributed by atoms with E-state index >= 15 is 0 Å². The van der Waals surface area contributed by atoms with Crippen molar-refractivity contribution in [1.82, 2.24) is 10.2 Å². The minimum absolute atomic E-state index is 0.0796. The molecule has 1 amide bonds. The Morgan fingerprint density at radius 2 is 1.83 bits per heavy atom. The summed E-state index contributed by atoms with van der Waals surface area (Å²) in [7, 11) is 0. The number of rotatable bonds is 6. The molecule has 1 saturated heterocycles. The van der Waals surface area contributed by atoms with Crippen molar-refractivity contribution in [2.45, 2.75) is 45.4 Å². The van der Waals surface area contributed by atoms with Crippen LogP contribution in [-0.4, -0.2) is 37.0 Å². The molecule has 2 saturated carbocycles. The van der Waals surface area contributed by atoms with Gasteiger partial charge in [-0.05, 0) is 56.9 Å². The van der Waals surface area contributed by atoms with Gasteiger partial charge in [0.15, 0.2) is 0 Å². The Balaban J connectivity index is 1.68. The first-order valence-corrected chi connectivity index (χ1v) is 7.73. The zero-order valence-electron chi connectivity index (χ0n) is 11.6. The second-order valence-corrected chi connectivity index (χ2v) is 6.66. The highest BCUT2D eigenvalue weighted by Crippen LogP contribution is 2.38. The molecule has 3 aliphatic rings. The van der Waals surface area contributed by atoms with Gasteiger partial charge >= 0.3 is 0 Å². The molecule has 0 aromatic carbocycles. The maximum Gasteiger partial charge on any atom is 0.230 e. The SMILES string of the molecule is CCC1(C(=O)N(CC2CC2)CC2CC2)CCNC1. The molecule has 0 spiro atoms. The highest BCUT2D eigenvalue weighted by molar-refractivity contribution is 5.83. The van der Waals surface area contributed by atoms with Crippen molar-refractivity contribution < 1.29 is 4.79 Å². The summed E-state index contributed by atoms with van der Waals surface area (Å²) in [5, 5.41) is 3.39. The van der Waals surface area contributed by atoms with Crippen LogP contribution in [0.4, 0.5) is 0 Å². The molecule has 2 aliphatic carbocycles. The van der Waals surface area contributed by atoms with E-state index in [1.165, 1.54) is 25.7 Å². The predicted octanol–water partition coefficient (Wildman–Crippen LogP) is 2.02. The molecule has 1 aliphatic heterocycles. The van der Waals surface area contributed by atoms with Gasteiger partial charge in [-0.25, -0.2) is 0 Å². The molecule has 0 aromatic rings. The van der Waals surface area contributed by atoms with E-state index < -0.39 is 0 Å². The van der Waals surface area contributed by atoms with Crippen molar-refractivity contribution in [2.24, 2.45) is 17.3 Å². The molecule has 1 N–H and O–H groups in total. The van der Waals surface area contributed by atoms with E-state index in [0.717, 1.165) is 50.9 Å². The van der Waals surface area contributed by atoms with Gasteiger partial charge in [-0.15, -0.1) is 0 Å². The van der Waals surface area contributed by atoms with Crippen LogP contribution in [0.2, 0.25) is 0 Å². The Hall–Kier alpha value is -0.570. The highest BCUT2D eigenvalue weighted by Gasteiger charge is 2.44. The lowest BCUT2D eigenvalue weighted by atomic mass is 9.82. The van der Waals surface area contributed by atoms with E-state index in [0.29, 0.717) is 5.91 Å². The van der Waals surface area contributed by atoms with Crippen LogP contribution < -0.4 is 5.32 Å². The van der Waals surface area contributed by atoms with Crippen molar-refractivity contribution in [1.29, 1.82) is 0 Å². The second-order valence-electron chi connectivity index (χ2n) is 6.66. The number of carbonyl (C=O) groups is 1. The monoisotopic (exact) mass is 250 g/mol. The average Bonchev–Trinajstić information content (AvgIpc) is 3.30. The van der Waals surface area contributed by atoms with Crippen LogP contribution in [-0.2, 0) is 4.79 Å². The predicted molar refractivity (Wildman–Crippen MR) is 72.2 cm³/mol. The molecule has 102 valence electrons. The van der Waals surface area contributed by atoms with Crippen molar-refractivity contribution >= 4 is 5.91 Å².